The number of hydrogen-bond acceptors (Lipinski definition) is 3. The van der Waals surface area contributed by atoms with Gasteiger partial charge in [0.1, 0.15) is 6.04 Å². The second kappa shape index (κ2) is 7.02. The van der Waals surface area contributed by atoms with Crippen LogP contribution in [0.15, 0.2) is 27.1 Å². The fourth-order valence-corrected chi connectivity index (χ4v) is 4.17. The molecule has 0 bridgehead atoms. The highest BCUT2D eigenvalue weighted by atomic mass is 79.9. The van der Waals surface area contributed by atoms with Gasteiger partial charge in [-0.15, -0.1) is 11.8 Å². The van der Waals surface area contributed by atoms with Crippen LogP contribution < -0.4 is 5.32 Å². The lowest BCUT2D eigenvalue weighted by atomic mass is 10.2. The maximum atomic E-state index is 12.5. The van der Waals surface area contributed by atoms with E-state index in [0.29, 0.717) is 17.9 Å². The van der Waals surface area contributed by atoms with Crippen molar-refractivity contribution in [3.8, 4) is 0 Å². The van der Waals surface area contributed by atoms with Gasteiger partial charge in [-0.1, -0.05) is 22.9 Å². The van der Waals surface area contributed by atoms with Crippen LogP contribution in [0.5, 0.6) is 0 Å². The molecule has 2 unspecified atom stereocenters. The average molecular weight is 438 g/mol. The van der Waals surface area contributed by atoms with Crippen LogP contribution in [-0.2, 0) is 4.79 Å². The van der Waals surface area contributed by atoms with E-state index in [0.717, 1.165) is 8.95 Å². The minimum Gasteiger partial charge on any atom is -0.480 e. The van der Waals surface area contributed by atoms with Gasteiger partial charge in [-0.3, -0.25) is 4.90 Å². The van der Waals surface area contributed by atoms with Crippen LogP contribution in [0.2, 0.25) is 0 Å². The van der Waals surface area contributed by atoms with Crippen molar-refractivity contribution in [3.63, 3.8) is 0 Å². The summed E-state index contributed by atoms with van der Waals surface area (Å²) in [5, 5.41) is 11.9. The molecule has 1 saturated heterocycles. The van der Waals surface area contributed by atoms with E-state index in [1.165, 1.54) is 16.7 Å². The molecule has 114 valence electrons. The Morgan fingerprint density at radius 3 is 2.81 bits per heavy atom. The van der Waals surface area contributed by atoms with Gasteiger partial charge >= 0.3 is 12.0 Å². The van der Waals surface area contributed by atoms with E-state index in [1.807, 2.05) is 19.1 Å². The van der Waals surface area contributed by atoms with Crippen LogP contribution >= 0.6 is 43.6 Å². The molecule has 1 fully saturated rings. The van der Waals surface area contributed by atoms with Crippen LogP contribution in [0.4, 0.5) is 10.5 Å². The Bertz CT molecular complexity index is 570. The summed E-state index contributed by atoms with van der Waals surface area (Å²) in [7, 11) is 0. The quantitative estimate of drug-likeness (QED) is 0.750. The lowest BCUT2D eigenvalue weighted by molar-refractivity contribution is -0.141. The lowest BCUT2D eigenvalue weighted by Crippen LogP contribution is -2.47. The fraction of sp³-hybridized carbons (Fsp3) is 0.385. The summed E-state index contributed by atoms with van der Waals surface area (Å²) in [6, 6.07) is 4.25. The summed E-state index contributed by atoms with van der Waals surface area (Å²) in [5.74, 6) is -0.553. The van der Waals surface area contributed by atoms with E-state index in [1.54, 1.807) is 6.07 Å². The Hall–Kier alpha value is -0.730. The zero-order valence-electron chi connectivity index (χ0n) is 11.2. The van der Waals surface area contributed by atoms with Gasteiger partial charge in [0.25, 0.3) is 0 Å². The molecule has 0 aliphatic carbocycles. The number of carboxylic acids is 1. The lowest BCUT2D eigenvalue weighted by Gasteiger charge is -2.27. The summed E-state index contributed by atoms with van der Waals surface area (Å²) in [4.78, 5) is 25.2. The van der Waals surface area contributed by atoms with Crippen molar-refractivity contribution >= 4 is 61.3 Å². The van der Waals surface area contributed by atoms with Gasteiger partial charge in [0.2, 0.25) is 0 Å². The number of rotatable bonds is 3. The molecule has 0 saturated carbocycles. The van der Waals surface area contributed by atoms with Gasteiger partial charge in [0, 0.05) is 14.7 Å². The number of nitrogens with zero attached hydrogens (tertiary/aromatic N) is 1. The van der Waals surface area contributed by atoms with Crippen LogP contribution in [0.3, 0.4) is 0 Å². The Balaban J connectivity index is 2.21. The molecule has 1 aromatic rings. The van der Waals surface area contributed by atoms with Crippen LogP contribution in [0.25, 0.3) is 0 Å². The zero-order chi connectivity index (χ0) is 15.6. The molecule has 1 aliphatic heterocycles. The van der Waals surface area contributed by atoms with Crippen LogP contribution in [0.1, 0.15) is 13.3 Å². The van der Waals surface area contributed by atoms with Crippen molar-refractivity contribution in [1.82, 2.24) is 4.90 Å². The Kier molecular flexibility index (Phi) is 5.56. The SMILES string of the molecule is CCC1SCC(C(=O)O)N1C(=O)Nc1cc(Br)ccc1Br. The number of amides is 2. The van der Waals surface area contributed by atoms with Crippen molar-refractivity contribution in [2.75, 3.05) is 11.1 Å². The number of thioether (sulfide) groups is 1. The molecule has 0 radical (unpaired) electrons. The minimum absolute atomic E-state index is 0.114. The molecule has 2 atom stereocenters. The van der Waals surface area contributed by atoms with E-state index < -0.39 is 18.0 Å². The monoisotopic (exact) mass is 436 g/mol. The van der Waals surface area contributed by atoms with E-state index >= 15 is 0 Å². The summed E-state index contributed by atoms with van der Waals surface area (Å²) >= 11 is 8.21. The Morgan fingerprint density at radius 1 is 1.48 bits per heavy atom. The second-order valence-electron chi connectivity index (χ2n) is 4.51. The third-order valence-electron chi connectivity index (χ3n) is 3.13. The number of urea groups is 1. The second-order valence-corrected chi connectivity index (χ2v) is 7.49. The molecule has 5 nitrogen and oxygen atoms in total. The van der Waals surface area contributed by atoms with Crippen molar-refractivity contribution in [2.45, 2.75) is 24.8 Å². The smallest absolute Gasteiger partial charge is 0.327 e. The van der Waals surface area contributed by atoms with Gasteiger partial charge in [-0.2, -0.15) is 0 Å². The van der Waals surface area contributed by atoms with E-state index in [2.05, 4.69) is 37.2 Å². The predicted octanol–water partition coefficient (Wildman–Crippen LogP) is 3.98. The first-order chi connectivity index (χ1) is 9.93. The molecule has 1 heterocycles. The van der Waals surface area contributed by atoms with Crippen LogP contribution in [0, 0.1) is 0 Å². The van der Waals surface area contributed by atoms with Crippen molar-refractivity contribution in [2.24, 2.45) is 0 Å². The standard InChI is InChI=1S/C13H14Br2N2O3S/c1-2-11-17(10(6-21-11)12(18)19)13(20)16-9-5-7(14)3-4-8(9)15/h3-5,10-11H,2,6H2,1H3,(H,16,20)(H,18,19). The van der Waals surface area contributed by atoms with Gasteiger partial charge in [-0.25, -0.2) is 9.59 Å². The molecule has 2 rings (SSSR count). The minimum atomic E-state index is -0.970. The van der Waals surface area contributed by atoms with E-state index in [-0.39, 0.29) is 5.37 Å². The number of aliphatic carboxylic acids is 1. The first-order valence-electron chi connectivity index (χ1n) is 6.32. The maximum absolute atomic E-state index is 12.5. The first kappa shape index (κ1) is 16.6. The third-order valence-corrected chi connectivity index (χ3v) is 5.77. The van der Waals surface area contributed by atoms with Gasteiger partial charge in [-0.05, 0) is 40.5 Å². The van der Waals surface area contributed by atoms with Crippen molar-refractivity contribution < 1.29 is 14.7 Å². The topological polar surface area (TPSA) is 69.6 Å². The number of benzene rings is 1. The normalized spacial score (nSPS) is 21.4. The molecule has 8 heteroatoms. The molecule has 2 amide bonds. The average Bonchev–Trinajstić information content (AvgIpc) is 2.87. The molecule has 21 heavy (non-hydrogen) atoms. The Labute approximate surface area is 143 Å². The molecule has 0 aromatic heterocycles. The number of carboxylic acid groups (broad SMARTS) is 1. The molecule has 2 N–H and O–H groups in total. The van der Waals surface area contributed by atoms with E-state index in [4.69, 9.17) is 0 Å². The molecular formula is C13H14Br2N2O3S. The number of carbonyl (C=O) groups is 2. The molecular weight excluding hydrogens is 424 g/mol. The van der Waals surface area contributed by atoms with Crippen LogP contribution in [-0.4, -0.2) is 39.2 Å². The largest absolute Gasteiger partial charge is 0.480 e. The van der Waals surface area contributed by atoms with Gasteiger partial charge < -0.3 is 10.4 Å². The Morgan fingerprint density at radius 2 is 2.19 bits per heavy atom. The zero-order valence-corrected chi connectivity index (χ0v) is 15.2. The molecule has 0 spiro atoms. The molecule has 1 aliphatic rings. The van der Waals surface area contributed by atoms with Crippen molar-refractivity contribution in [3.05, 3.63) is 27.1 Å². The van der Waals surface area contributed by atoms with Crippen molar-refractivity contribution in [1.29, 1.82) is 0 Å². The van der Waals surface area contributed by atoms with Gasteiger partial charge in [0.15, 0.2) is 0 Å². The predicted molar refractivity (Wildman–Crippen MR) is 90.7 cm³/mol. The van der Waals surface area contributed by atoms with Gasteiger partial charge in [0.05, 0.1) is 11.1 Å². The summed E-state index contributed by atoms with van der Waals surface area (Å²) in [5.41, 5.74) is 0.602. The van der Waals surface area contributed by atoms with E-state index in [9.17, 15) is 14.7 Å². The number of halogens is 2. The highest BCUT2D eigenvalue weighted by Gasteiger charge is 2.40. The summed E-state index contributed by atoms with van der Waals surface area (Å²) in [6.45, 7) is 1.94. The number of nitrogens with one attached hydrogen (secondary N) is 1. The summed E-state index contributed by atoms with van der Waals surface area (Å²) in [6.07, 6.45) is 0.710. The number of hydrogen-bond donors (Lipinski definition) is 2. The highest BCUT2D eigenvalue weighted by Crippen LogP contribution is 2.33. The summed E-state index contributed by atoms with van der Waals surface area (Å²) < 4.78 is 1.57. The fourth-order valence-electron chi connectivity index (χ4n) is 2.11. The maximum Gasteiger partial charge on any atom is 0.327 e. The number of carbonyl (C=O) groups excluding carboxylic acids is 1. The number of anilines is 1. The first-order valence-corrected chi connectivity index (χ1v) is 8.96. The third kappa shape index (κ3) is 3.73. The molecule has 1 aromatic carbocycles. The highest BCUT2D eigenvalue weighted by molar-refractivity contribution is 9.11.